The number of hydrogen-bond donors (Lipinski definition) is 0. The van der Waals surface area contributed by atoms with Gasteiger partial charge in [0.15, 0.2) is 0 Å². The molecule has 1 aliphatic rings. The molecule has 3 aromatic carbocycles. The molecule has 1 heterocycles. The van der Waals surface area contributed by atoms with Gasteiger partial charge < -0.3 is 9.40 Å². The van der Waals surface area contributed by atoms with E-state index in [0.29, 0.717) is 6.61 Å². The van der Waals surface area contributed by atoms with Crippen molar-refractivity contribution >= 4 is 5.71 Å². The topological polar surface area (TPSA) is 26.5 Å². The number of oxime groups is 1. The summed E-state index contributed by atoms with van der Waals surface area (Å²) in [6, 6.07) is 33.6. The molecule has 1 aromatic heterocycles. The molecule has 148 valence electrons. The zero-order valence-electron chi connectivity index (χ0n) is 16.9. The molecule has 0 aliphatic heterocycles. The fraction of sp³-hybridized carbons (Fsp3) is 0.148. The number of benzene rings is 3. The lowest BCUT2D eigenvalue weighted by atomic mass is 9.95. The fourth-order valence-corrected chi connectivity index (χ4v) is 4.15. The average molecular weight is 393 g/mol. The van der Waals surface area contributed by atoms with Gasteiger partial charge in [0.25, 0.3) is 0 Å². The summed E-state index contributed by atoms with van der Waals surface area (Å²) in [5.74, 6) is 0. The lowest BCUT2D eigenvalue weighted by Crippen LogP contribution is -2.14. The van der Waals surface area contributed by atoms with Crippen LogP contribution in [-0.2, 0) is 17.9 Å². The van der Waals surface area contributed by atoms with E-state index in [0.717, 1.165) is 30.5 Å². The summed E-state index contributed by atoms with van der Waals surface area (Å²) in [5, 5.41) is 4.56. The van der Waals surface area contributed by atoms with E-state index >= 15 is 0 Å². The number of fused-ring (bicyclic) bond motifs is 1. The summed E-state index contributed by atoms with van der Waals surface area (Å²) in [6.07, 6.45) is 3.05. The zero-order chi connectivity index (χ0) is 20.2. The number of para-hydroxylation sites is 1. The molecule has 0 radical (unpaired) electrons. The van der Waals surface area contributed by atoms with Crippen molar-refractivity contribution < 1.29 is 4.84 Å². The lowest BCUT2D eigenvalue weighted by molar-refractivity contribution is 0.130. The van der Waals surface area contributed by atoms with Crippen LogP contribution in [0.1, 0.15) is 29.7 Å². The minimum atomic E-state index is 0.491. The van der Waals surface area contributed by atoms with Crippen LogP contribution in [0.5, 0.6) is 0 Å². The van der Waals surface area contributed by atoms with Crippen LogP contribution >= 0.6 is 0 Å². The standard InChI is InChI=1S/C27H24N2O/c1-4-11-21(12-5-1)20-30-28-25-17-10-18-26-24(25)19-27(22-13-6-2-7-14-22)29(26)23-15-8-3-9-16-23/h1-9,11-16,19H,10,17-18,20H2/b28-25+. The predicted molar refractivity (Wildman–Crippen MR) is 122 cm³/mol. The Labute approximate surface area is 177 Å². The van der Waals surface area contributed by atoms with Gasteiger partial charge in [-0.15, -0.1) is 0 Å². The maximum Gasteiger partial charge on any atom is 0.142 e. The zero-order valence-corrected chi connectivity index (χ0v) is 16.9. The first-order valence-electron chi connectivity index (χ1n) is 10.5. The van der Waals surface area contributed by atoms with Crippen LogP contribution in [0.15, 0.2) is 102 Å². The van der Waals surface area contributed by atoms with Crippen molar-refractivity contribution in [3.8, 4) is 16.9 Å². The van der Waals surface area contributed by atoms with E-state index < -0.39 is 0 Å². The van der Waals surface area contributed by atoms with Crippen molar-refractivity contribution in [1.29, 1.82) is 0 Å². The van der Waals surface area contributed by atoms with Crippen LogP contribution in [0.25, 0.3) is 16.9 Å². The van der Waals surface area contributed by atoms with Crippen molar-refractivity contribution in [3.63, 3.8) is 0 Å². The van der Waals surface area contributed by atoms with E-state index in [-0.39, 0.29) is 0 Å². The summed E-state index contributed by atoms with van der Waals surface area (Å²) in [4.78, 5) is 5.76. The highest BCUT2D eigenvalue weighted by atomic mass is 16.6. The largest absolute Gasteiger partial charge is 0.391 e. The first kappa shape index (κ1) is 18.4. The maximum atomic E-state index is 5.76. The number of rotatable bonds is 5. The molecule has 0 saturated heterocycles. The molecule has 0 saturated carbocycles. The molecule has 3 nitrogen and oxygen atoms in total. The molecule has 0 N–H and O–H groups in total. The number of nitrogens with zero attached hydrogens (tertiary/aromatic N) is 2. The molecule has 3 heteroatoms. The second-order valence-electron chi connectivity index (χ2n) is 7.58. The Morgan fingerprint density at radius 3 is 2.17 bits per heavy atom. The number of aromatic nitrogens is 1. The van der Waals surface area contributed by atoms with Crippen LogP contribution in [0, 0.1) is 0 Å². The molecular weight excluding hydrogens is 368 g/mol. The third-order valence-corrected chi connectivity index (χ3v) is 5.57. The molecule has 0 unspecified atom stereocenters. The molecule has 0 bridgehead atoms. The van der Waals surface area contributed by atoms with Crippen molar-refractivity contribution in [2.24, 2.45) is 5.16 Å². The minimum absolute atomic E-state index is 0.491. The number of hydrogen-bond acceptors (Lipinski definition) is 2. The van der Waals surface area contributed by atoms with Gasteiger partial charge in [-0.2, -0.15) is 0 Å². The van der Waals surface area contributed by atoms with Gasteiger partial charge in [0.1, 0.15) is 6.61 Å². The first-order valence-corrected chi connectivity index (χ1v) is 10.5. The van der Waals surface area contributed by atoms with E-state index in [1.54, 1.807) is 0 Å². The summed E-state index contributed by atoms with van der Waals surface area (Å²) < 4.78 is 2.39. The summed E-state index contributed by atoms with van der Waals surface area (Å²) >= 11 is 0. The van der Waals surface area contributed by atoms with Crippen molar-refractivity contribution in [2.75, 3.05) is 0 Å². The van der Waals surface area contributed by atoms with Crippen molar-refractivity contribution in [2.45, 2.75) is 25.9 Å². The Balaban J connectivity index is 1.55. The minimum Gasteiger partial charge on any atom is -0.391 e. The van der Waals surface area contributed by atoms with Crippen LogP contribution in [-0.4, -0.2) is 10.3 Å². The highest BCUT2D eigenvalue weighted by molar-refractivity contribution is 6.03. The predicted octanol–water partition coefficient (Wildman–Crippen LogP) is 6.40. The molecule has 5 rings (SSSR count). The molecule has 30 heavy (non-hydrogen) atoms. The Kier molecular flexibility index (Phi) is 5.17. The molecule has 0 atom stereocenters. The van der Waals surface area contributed by atoms with E-state index in [4.69, 9.17) is 4.84 Å². The quantitative estimate of drug-likeness (QED) is 0.361. The summed E-state index contributed by atoms with van der Waals surface area (Å²) in [5.41, 5.74) is 8.28. The molecule has 0 amide bonds. The third-order valence-electron chi connectivity index (χ3n) is 5.57. The maximum absolute atomic E-state index is 5.76. The second kappa shape index (κ2) is 8.42. The van der Waals surface area contributed by atoms with Gasteiger partial charge >= 0.3 is 0 Å². The monoisotopic (exact) mass is 392 g/mol. The summed E-state index contributed by atoms with van der Waals surface area (Å²) in [7, 11) is 0. The Morgan fingerprint density at radius 2 is 1.43 bits per heavy atom. The molecular formula is C27H24N2O. The van der Waals surface area contributed by atoms with Crippen LogP contribution in [0.3, 0.4) is 0 Å². The van der Waals surface area contributed by atoms with Gasteiger partial charge in [-0.05, 0) is 48.6 Å². The van der Waals surface area contributed by atoms with Crippen LogP contribution in [0.2, 0.25) is 0 Å². The van der Waals surface area contributed by atoms with Gasteiger partial charge in [0.05, 0.1) is 11.4 Å². The first-order chi connectivity index (χ1) is 14.9. The molecule has 4 aromatic rings. The van der Waals surface area contributed by atoms with E-state index in [9.17, 15) is 0 Å². The van der Waals surface area contributed by atoms with E-state index in [1.807, 2.05) is 18.2 Å². The smallest absolute Gasteiger partial charge is 0.142 e. The van der Waals surface area contributed by atoms with Crippen molar-refractivity contribution in [3.05, 3.63) is 114 Å². The van der Waals surface area contributed by atoms with Gasteiger partial charge in [-0.1, -0.05) is 84.0 Å². The lowest BCUT2D eigenvalue weighted by Gasteiger charge is -2.18. The summed E-state index contributed by atoms with van der Waals surface area (Å²) in [6.45, 7) is 0.491. The van der Waals surface area contributed by atoms with Gasteiger partial charge in [-0.3, -0.25) is 0 Å². The normalized spacial score (nSPS) is 14.5. The molecule has 0 spiro atoms. The van der Waals surface area contributed by atoms with Crippen LogP contribution in [0.4, 0.5) is 0 Å². The molecule has 0 fully saturated rings. The van der Waals surface area contributed by atoms with Gasteiger partial charge in [0.2, 0.25) is 0 Å². The average Bonchev–Trinajstić information content (AvgIpc) is 3.21. The highest BCUT2D eigenvalue weighted by Crippen LogP contribution is 2.34. The SMILES string of the molecule is c1ccc(CO/N=C2\CCCc3c2cc(-c2ccccc2)n3-c2ccccc2)cc1. The fourth-order valence-electron chi connectivity index (χ4n) is 4.15. The van der Waals surface area contributed by atoms with Gasteiger partial charge in [-0.25, -0.2) is 0 Å². The van der Waals surface area contributed by atoms with Crippen molar-refractivity contribution in [1.82, 2.24) is 4.57 Å². The van der Waals surface area contributed by atoms with Gasteiger partial charge in [0, 0.05) is 16.9 Å². The second-order valence-corrected chi connectivity index (χ2v) is 7.58. The van der Waals surface area contributed by atoms with E-state index in [1.165, 1.54) is 28.2 Å². The third kappa shape index (κ3) is 3.67. The van der Waals surface area contributed by atoms with Crippen LogP contribution < -0.4 is 0 Å². The van der Waals surface area contributed by atoms with E-state index in [2.05, 4.69) is 88.6 Å². The Bertz CT molecular complexity index is 1150. The highest BCUT2D eigenvalue weighted by Gasteiger charge is 2.24. The Morgan fingerprint density at radius 1 is 0.767 bits per heavy atom. The Hall–Kier alpha value is -3.59. The molecule has 1 aliphatic carbocycles.